The number of oxazole rings is 1. The minimum absolute atomic E-state index is 0.0333. The van der Waals surface area contributed by atoms with E-state index in [1.807, 2.05) is 48.5 Å². The second-order valence-electron chi connectivity index (χ2n) is 7.01. The quantitative estimate of drug-likeness (QED) is 0.561. The molecular weight excluding hydrogens is 372 g/mol. The van der Waals surface area contributed by atoms with Gasteiger partial charge in [-0.3, -0.25) is 9.69 Å². The van der Waals surface area contributed by atoms with Crippen molar-refractivity contribution in [1.82, 2.24) is 9.88 Å². The molecule has 1 aliphatic rings. The van der Waals surface area contributed by atoms with Crippen LogP contribution in [0.1, 0.15) is 12.8 Å². The number of benzene rings is 2. The number of hydrogen-bond donors (Lipinski definition) is 0. The second kappa shape index (κ2) is 8.96. The zero-order valence-electron chi connectivity index (χ0n) is 16.4. The molecule has 29 heavy (non-hydrogen) atoms. The number of hydrogen-bond acceptors (Lipinski definition) is 7. The van der Waals surface area contributed by atoms with Crippen LogP contribution in [-0.2, 0) is 9.53 Å². The molecule has 0 aliphatic carbocycles. The first-order valence-corrected chi connectivity index (χ1v) is 9.78. The maximum atomic E-state index is 11.6. The van der Waals surface area contributed by atoms with Gasteiger partial charge in [0.15, 0.2) is 5.58 Å². The minimum atomic E-state index is -0.0962. The molecule has 0 spiro atoms. The lowest BCUT2D eigenvalue weighted by Crippen LogP contribution is -2.38. The molecule has 0 saturated carbocycles. The molecule has 0 radical (unpaired) electrons. The summed E-state index contributed by atoms with van der Waals surface area (Å²) >= 11 is 0. The van der Waals surface area contributed by atoms with E-state index in [1.165, 1.54) is 7.11 Å². The fraction of sp³-hybridized carbons (Fsp3) is 0.364. The third-order valence-corrected chi connectivity index (χ3v) is 5.10. The number of fused-ring (bicyclic) bond motifs is 1. The van der Waals surface area contributed by atoms with Crippen LogP contribution in [-0.4, -0.2) is 49.2 Å². The molecule has 7 heteroatoms. The number of ether oxygens (including phenoxy) is 3. The summed E-state index contributed by atoms with van der Waals surface area (Å²) in [7, 11) is 1.45. The van der Waals surface area contributed by atoms with Crippen LogP contribution >= 0.6 is 0 Å². The molecule has 0 amide bonds. The van der Waals surface area contributed by atoms with E-state index in [0.717, 1.165) is 43.7 Å². The van der Waals surface area contributed by atoms with Gasteiger partial charge in [0.2, 0.25) is 0 Å². The molecule has 3 aromatic rings. The highest BCUT2D eigenvalue weighted by Gasteiger charge is 2.25. The molecule has 7 nitrogen and oxygen atoms in total. The number of carbonyl (C=O) groups is 1. The van der Waals surface area contributed by atoms with E-state index < -0.39 is 0 Å². The van der Waals surface area contributed by atoms with E-state index in [0.29, 0.717) is 17.9 Å². The third-order valence-electron chi connectivity index (χ3n) is 5.10. The number of aromatic nitrogens is 1. The van der Waals surface area contributed by atoms with Gasteiger partial charge < -0.3 is 18.6 Å². The van der Waals surface area contributed by atoms with Gasteiger partial charge in [-0.15, -0.1) is 0 Å². The lowest BCUT2D eigenvalue weighted by atomic mass is 9.97. The zero-order valence-corrected chi connectivity index (χ0v) is 16.4. The second-order valence-corrected chi connectivity index (χ2v) is 7.01. The summed E-state index contributed by atoms with van der Waals surface area (Å²) in [6, 6.07) is 14.9. The Morgan fingerprint density at radius 1 is 1.10 bits per heavy atom. The molecule has 152 valence electrons. The molecule has 1 aliphatic heterocycles. The summed E-state index contributed by atoms with van der Waals surface area (Å²) in [4.78, 5) is 18.2. The standard InChI is InChI=1S/C22H24N2O5/c1-26-21(25)16-10-12-24(13-11-16)14-15-27-17-6-8-18(9-7-17)28-22-23-19-4-2-3-5-20(19)29-22/h2-9,16H,10-15H2,1H3. The molecule has 1 aromatic heterocycles. The van der Waals surface area contributed by atoms with Crippen molar-refractivity contribution in [3.05, 3.63) is 48.5 Å². The Labute approximate surface area is 169 Å². The van der Waals surface area contributed by atoms with Crippen molar-refractivity contribution < 1.29 is 23.4 Å². The highest BCUT2D eigenvalue weighted by molar-refractivity contribution is 5.73. The van der Waals surface area contributed by atoms with Gasteiger partial charge in [-0.2, -0.15) is 4.98 Å². The zero-order chi connectivity index (χ0) is 20.1. The molecule has 1 fully saturated rings. The van der Waals surface area contributed by atoms with Gasteiger partial charge >= 0.3 is 12.0 Å². The number of esters is 1. The van der Waals surface area contributed by atoms with Crippen molar-refractivity contribution in [3.63, 3.8) is 0 Å². The van der Waals surface area contributed by atoms with Gasteiger partial charge in [-0.1, -0.05) is 12.1 Å². The number of carbonyl (C=O) groups excluding carboxylic acids is 1. The molecule has 0 unspecified atom stereocenters. The van der Waals surface area contributed by atoms with Crippen LogP contribution in [0.15, 0.2) is 52.9 Å². The van der Waals surface area contributed by atoms with Gasteiger partial charge in [0.1, 0.15) is 23.6 Å². The van der Waals surface area contributed by atoms with E-state index in [2.05, 4.69) is 9.88 Å². The highest BCUT2D eigenvalue weighted by Crippen LogP contribution is 2.26. The first kappa shape index (κ1) is 19.3. The third kappa shape index (κ3) is 4.86. The Kier molecular flexibility index (Phi) is 5.95. The van der Waals surface area contributed by atoms with Gasteiger partial charge in [0, 0.05) is 6.54 Å². The molecule has 1 saturated heterocycles. The van der Waals surface area contributed by atoms with E-state index >= 15 is 0 Å². The first-order valence-electron chi connectivity index (χ1n) is 9.78. The molecule has 2 heterocycles. The fourth-order valence-electron chi connectivity index (χ4n) is 3.45. The maximum absolute atomic E-state index is 11.6. The Morgan fingerprint density at radius 2 is 1.83 bits per heavy atom. The SMILES string of the molecule is COC(=O)C1CCN(CCOc2ccc(Oc3nc4ccccc4o3)cc2)CC1. The van der Waals surface area contributed by atoms with E-state index in [9.17, 15) is 4.79 Å². The van der Waals surface area contributed by atoms with E-state index in [-0.39, 0.29) is 18.0 Å². The van der Waals surface area contributed by atoms with Crippen molar-refractivity contribution in [2.24, 2.45) is 5.92 Å². The molecule has 0 N–H and O–H groups in total. The summed E-state index contributed by atoms with van der Waals surface area (Å²) < 4.78 is 21.9. The molecular formula is C22H24N2O5. The van der Waals surface area contributed by atoms with Gasteiger partial charge in [-0.05, 0) is 62.3 Å². The molecule has 4 rings (SSSR count). The van der Waals surface area contributed by atoms with Crippen LogP contribution in [0.25, 0.3) is 11.1 Å². The van der Waals surface area contributed by atoms with Crippen molar-refractivity contribution in [2.75, 3.05) is 33.4 Å². The molecule has 2 aromatic carbocycles. The smallest absolute Gasteiger partial charge is 0.400 e. The van der Waals surface area contributed by atoms with Crippen LogP contribution in [0.2, 0.25) is 0 Å². The van der Waals surface area contributed by atoms with E-state index in [4.69, 9.17) is 18.6 Å². The Bertz CT molecular complexity index is 912. The normalized spacial score (nSPS) is 15.3. The van der Waals surface area contributed by atoms with Gasteiger partial charge in [0.25, 0.3) is 0 Å². The average molecular weight is 396 g/mol. The van der Waals surface area contributed by atoms with Crippen molar-refractivity contribution in [3.8, 4) is 17.6 Å². The topological polar surface area (TPSA) is 74.0 Å². The van der Waals surface area contributed by atoms with E-state index in [1.54, 1.807) is 0 Å². The molecule has 0 atom stereocenters. The predicted octanol–water partition coefficient (Wildman–Crippen LogP) is 3.88. The largest absolute Gasteiger partial charge is 0.492 e. The predicted molar refractivity (Wildman–Crippen MR) is 107 cm³/mol. The Morgan fingerprint density at radius 3 is 2.55 bits per heavy atom. The van der Waals surface area contributed by atoms with Crippen LogP contribution in [0.3, 0.4) is 0 Å². The van der Waals surface area contributed by atoms with Gasteiger partial charge in [-0.25, -0.2) is 0 Å². The number of piperidine rings is 1. The van der Waals surface area contributed by atoms with Crippen molar-refractivity contribution in [1.29, 1.82) is 0 Å². The summed E-state index contributed by atoms with van der Waals surface area (Å²) in [5.74, 6) is 1.35. The number of likely N-dealkylation sites (tertiary alicyclic amines) is 1. The van der Waals surface area contributed by atoms with Gasteiger partial charge in [0.05, 0.1) is 13.0 Å². The lowest BCUT2D eigenvalue weighted by Gasteiger charge is -2.30. The summed E-state index contributed by atoms with van der Waals surface area (Å²) in [6.45, 7) is 3.20. The van der Waals surface area contributed by atoms with Crippen molar-refractivity contribution in [2.45, 2.75) is 12.8 Å². The Balaban J connectivity index is 1.22. The fourth-order valence-corrected chi connectivity index (χ4v) is 3.45. The number of para-hydroxylation sites is 2. The lowest BCUT2D eigenvalue weighted by molar-refractivity contribution is -0.147. The van der Waals surface area contributed by atoms with Crippen LogP contribution in [0, 0.1) is 5.92 Å². The molecule has 0 bridgehead atoms. The summed E-state index contributed by atoms with van der Waals surface area (Å²) in [5, 5.41) is 0. The Hall–Kier alpha value is -3.06. The number of methoxy groups -OCH3 is 1. The maximum Gasteiger partial charge on any atom is 0.400 e. The van der Waals surface area contributed by atoms with Crippen LogP contribution in [0.5, 0.6) is 17.6 Å². The highest BCUT2D eigenvalue weighted by atomic mass is 16.6. The first-order chi connectivity index (χ1) is 14.2. The number of nitrogens with zero attached hydrogens (tertiary/aromatic N) is 2. The summed E-state index contributed by atoms with van der Waals surface area (Å²) in [6.07, 6.45) is 1.90. The van der Waals surface area contributed by atoms with Crippen LogP contribution < -0.4 is 9.47 Å². The minimum Gasteiger partial charge on any atom is -0.492 e. The monoisotopic (exact) mass is 396 g/mol. The van der Waals surface area contributed by atoms with Crippen molar-refractivity contribution >= 4 is 17.1 Å². The number of rotatable bonds is 7. The average Bonchev–Trinajstić information content (AvgIpc) is 3.17. The summed E-state index contributed by atoms with van der Waals surface area (Å²) in [5.41, 5.74) is 1.45. The van der Waals surface area contributed by atoms with Crippen LogP contribution in [0.4, 0.5) is 0 Å².